The van der Waals surface area contributed by atoms with Gasteiger partial charge in [0.05, 0.1) is 12.5 Å². The average Bonchev–Trinajstić information content (AvgIpc) is 2.27. The summed E-state index contributed by atoms with van der Waals surface area (Å²) in [4.78, 5) is 11.7. The first-order valence-electron chi connectivity index (χ1n) is 6.24. The molecule has 4 heteroatoms. The van der Waals surface area contributed by atoms with Gasteiger partial charge >= 0.3 is 0 Å². The fraction of sp³-hybridized carbons (Fsp3) is 0.917. The minimum absolute atomic E-state index is 0.0658. The van der Waals surface area contributed by atoms with Gasteiger partial charge in [0.15, 0.2) is 0 Å². The first-order valence-corrected chi connectivity index (χ1v) is 6.24. The number of nitrogens with one attached hydrogen (secondary N) is 1. The van der Waals surface area contributed by atoms with Gasteiger partial charge in [-0.1, -0.05) is 13.8 Å². The van der Waals surface area contributed by atoms with Crippen molar-refractivity contribution in [2.45, 2.75) is 51.7 Å². The maximum Gasteiger partial charge on any atom is 0.222 e. The molecule has 3 N–H and O–H groups in total. The zero-order valence-corrected chi connectivity index (χ0v) is 10.4. The largest absolute Gasteiger partial charge is 0.378 e. The molecule has 1 heterocycles. The number of hydrogen-bond donors (Lipinski definition) is 2. The number of carbonyl (C=O) groups is 1. The molecule has 4 nitrogen and oxygen atoms in total. The van der Waals surface area contributed by atoms with E-state index >= 15 is 0 Å². The van der Waals surface area contributed by atoms with Crippen molar-refractivity contribution in [2.75, 3.05) is 13.2 Å². The average molecular weight is 228 g/mol. The molecule has 1 aliphatic rings. The Bertz CT molecular complexity index is 213. The van der Waals surface area contributed by atoms with Crippen LogP contribution >= 0.6 is 0 Å². The van der Waals surface area contributed by atoms with E-state index in [0.717, 1.165) is 19.4 Å². The number of hydrogen-bond acceptors (Lipinski definition) is 3. The Labute approximate surface area is 97.9 Å². The summed E-state index contributed by atoms with van der Waals surface area (Å²) >= 11 is 0. The summed E-state index contributed by atoms with van der Waals surface area (Å²) in [6, 6.07) is 0.0797. The first-order chi connectivity index (χ1) is 7.63. The predicted octanol–water partition coefficient (Wildman–Crippen LogP) is 1.05. The molecule has 16 heavy (non-hydrogen) atoms. The summed E-state index contributed by atoms with van der Waals surface area (Å²) in [5.41, 5.74) is 5.61. The van der Waals surface area contributed by atoms with Gasteiger partial charge < -0.3 is 15.8 Å². The molecule has 0 aromatic rings. The van der Waals surface area contributed by atoms with E-state index < -0.39 is 0 Å². The first kappa shape index (κ1) is 13.5. The zero-order chi connectivity index (χ0) is 12.0. The van der Waals surface area contributed by atoms with E-state index in [4.69, 9.17) is 10.5 Å². The maximum atomic E-state index is 11.7. The van der Waals surface area contributed by atoms with Gasteiger partial charge in [-0.05, 0) is 25.2 Å². The van der Waals surface area contributed by atoms with Gasteiger partial charge in [-0.3, -0.25) is 4.79 Å². The van der Waals surface area contributed by atoms with Crippen LogP contribution in [0.1, 0.15) is 39.5 Å². The molecule has 0 aromatic carbocycles. The van der Waals surface area contributed by atoms with Crippen LogP contribution in [0.3, 0.4) is 0 Å². The topological polar surface area (TPSA) is 64.3 Å². The SMILES string of the molecule is CC(C)C(CN)NC(=O)CC1CCCCO1. The van der Waals surface area contributed by atoms with Crippen LogP contribution < -0.4 is 11.1 Å². The Hall–Kier alpha value is -0.610. The molecule has 0 aromatic heterocycles. The lowest BCUT2D eigenvalue weighted by molar-refractivity contribution is -0.125. The third-order valence-corrected chi connectivity index (χ3v) is 3.09. The van der Waals surface area contributed by atoms with Crippen LogP contribution in [-0.2, 0) is 9.53 Å². The third-order valence-electron chi connectivity index (χ3n) is 3.09. The van der Waals surface area contributed by atoms with E-state index in [1.807, 2.05) is 0 Å². The quantitative estimate of drug-likeness (QED) is 0.739. The fourth-order valence-corrected chi connectivity index (χ4v) is 1.94. The van der Waals surface area contributed by atoms with E-state index in [1.54, 1.807) is 0 Å². The number of ether oxygens (including phenoxy) is 1. The second-order valence-corrected chi connectivity index (χ2v) is 4.85. The van der Waals surface area contributed by atoms with Crippen molar-refractivity contribution in [1.82, 2.24) is 5.32 Å². The summed E-state index contributed by atoms with van der Waals surface area (Å²) in [6.07, 6.45) is 3.88. The number of rotatable bonds is 5. The molecule has 94 valence electrons. The van der Waals surface area contributed by atoms with Gasteiger partial charge in [0, 0.05) is 19.2 Å². The molecule has 0 bridgehead atoms. The highest BCUT2D eigenvalue weighted by Crippen LogP contribution is 2.15. The number of carbonyl (C=O) groups excluding carboxylic acids is 1. The van der Waals surface area contributed by atoms with Crippen LogP contribution in [0.4, 0.5) is 0 Å². The summed E-state index contributed by atoms with van der Waals surface area (Å²) in [6.45, 7) is 5.42. The van der Waals surface area contributed by atoms with Crippen molar-refractivity contribution < 1.29 is 9.53 Å². The maximum absolute atomic E-state index is 11.7. The van der Waals surface area contributed by atoms with Gasteiger partial charge in [0.1, 0.15) is 0 Å². The fourth-order valence-electron chi connectivity index (χ4n) is 1.94. The monoisotopic (exact) mass is 228 g/mol. The smallest absolute Gasteiger partial charge is 0.222 e. The molecule has 0 aliphatic carbocycles. The lowest BCUT2D eigenvalue weighted by atomic mass is 10.0. The molecule has 1 amide bonds. The molecule has 0 saturated carbocycles. The Morgan fingerprint density at radius 2 is 2.25 bits per heavy atom. The minimum Gasteiger partial charge on any atom is -0.378 e. The molecule has 2 atom stereocenters. The van der Waals surface area contributed by atoms with Crippen LogP contribution in [0, 0.1) is 5.92 Å². The standard InChI is InChI=1S/C12H24N2O2/c1-9(2)11(8-13)14-12(15)7-10-5-3-4-6-16-10/h9-11H,3-8,13H2,1-2H3,(H,14,15). The second kappa shape index (κ2) is 6.86. The van der Waals surface area contributed by atoms with Crippen molar-refractivity contribution in [3.8, 4) is 0 Å². The Morgan fingerprint density at radius 3 is 2.75 bits per heavy atom. The van der Waals surface area contributed by atoms with Crippen molar-refractivity contribution in [3.63, 3.8) is 0 Å². The highest BCUT2D eigenvalue weighted by Gasteiger charge is 2.20. The van der Waals surface area contributed by atoms with Crippen LogP contribution in [0.5, 0.6) is 0 Å². The van der Waals surface area contributed by atoms with E-state index in [0.29, 0.717) is 18.9 Å². The molecule has 0 spiro atoms. The summed E-state index contributed by atoms with van der Waals surface area (Å²) in [5, 5.41) is 2.97. The van der Waals surface area contributed by atoms with Gasteiger partial charge in [-0.25, -0.2) is 0 Å². The van der Waals surface area contributed by atoms with Crippen LogP contribution in [0.15, 0.2) is 0 Å². The third kappa shape index (κ3) is 4.49. The van der Waals surface area contributed by atoms with Crippen LogP contribution in [-0.4, -0.2) is 31.2 Å². The van der Waals surface area contributed by atoms with Gasteiger partial charge in [0.2, 0.25) is 5.91 Å². The molecule has 1 saturated heterocycles. The van der Waals surface area contributed by atoms with Crippen molar-refractivity contribution in [3.05, 3.63) is 0 Å². The van der Waals surface area contributed by atoms with Gasteiger partial charge in [-0.2, -0.15) is 0 Å². The summed E-state index contributed by atoms with van der Waals surface area (Å²) < 4.78 is 5.53. The lowest BCUT2D eigenvalue weighted by Gasteiger charge is -2.25. The Morgan fingerprint density at radius 1 is 1.50 bits per heavy atom. The predicted molar refractivity (Wildman–Crippen MR) is 64.0 cm³/mol. The Balaban J connectivity index is 2.28. The van der Waals surface area contributed by atoms with E-state index in [2.05, 4.69) is 19.2 Å². The number of amides is 1. The van der Waals surface area contributed by atoms with Gasteiger partial charge in [-0.15, -0.1) is 0 Å². The highest BCUT2D eigenvalue weighted by molar-refractivity contribution is 5.76. The molecular formula is C12H24N2O2. The van der Waals surface area contributed by atoms with E-state index in [9.17, 15) is 4.79 Å². The minimum atomic E-state index is 0.0658. The second-order valence-electron chi connectivity index (χ2n) is 4.85. The zero-order valence-electron chi connectivity index (χ0n) is 10.4. The Kier molecular flexibility index (Phi) is 5.77. The molecule has 1 aliphatic heterocycles. The highest BCUT2D eigenvalue weighted by atomic mass is 16.5. The summed E-state index contributed by atoms with van der Waals surface area (Å²) in [5.74, 6) is 0.442. The molecule has 2 unspecified atom stereocenters. The van der Waals surface area contributed by atoms with Crippen LogP contribution in [0.2, 0.25) is 0 Å². The van der Waals surface area contributed by atoms with Crippen molar-refractivity contribution >= 4 is 5.91 Å². The van der Waals surface area contributed by atoms with Crippen LogP contribution in [0.25, 0.3) is 0 Å². The van der Waals surface area contributed by atoms with E-state index in [1.165, 1.54) is 6.42 Å². The summed E-state index contributed by atoms with van der Waals surface area (Å²) in [7, 11) is 0. The molecule has 1 fully saturated rings. The van der Waals surface area contributed by atoms with Crippen molar-refractivity contribution in [2.24, 2.45) is 11.7 Å². The van der Waals surface area contributed by atoms with Crippen molar-refractivity contribution in [1.29, 1.82) is 0 Å². The molecular weight excluding hydrogens is 204 g/mol. The number of nitrogens with two attached hydrogens (primary N) is 1. The molecule has 0 radical (unpaired) electrons. The van der Waals surface area contributed by atoms with Gasteiger partial charge in [0.25, 0.3) is 0 Å². The normalized spacial score (nSPS) is 23.1. The molecule has 1 rings (SSSR count). The van der Waals surface area contributed by atoms with E-state index in [-0.39, 0.29) is 18.1 Å². The lowest BCUT2D eigenvalue weighted by Crippen LogP contribution is -2.44.